The number of aliphatic hydroxyl groups is 1. The van der Waals surface area contributed by atoms with E-state index in [2.05, 4.69) is 24.0 Å². The summed E-state index contributed by atoms with van der Waals surface area (Å²) in [7, 11) is 0. The van der Waals surface area contributed by atoms with E-state index in [1.807, 2.05) is 18.2 Å². The fraction of sp³-hybridized carbons (Fsp3) is 0.625. The summed E-state index contributed by atoms with van der Waals surface area (Å²) in [5.74, 6) is 0. The van der Waals surface area contributed by atoms with Crippen LogP contribution in [-0.4, -0.2) is 55.6 Å². The predicted octanol–water partition coefficient (Wildman–Crippen LogP) is 1.85. The second-order valence-corrected chi connectivity index (χ2v) is 5.21. The molecular formula is C16H25NO3. The molecule has 0 aromatic heterocycles. The summed E-state index contributed by atoms with van der Waals surface area (Å²) in [5, 5.41) is 10.1. The molecule has 112 valence electrons. The second-order valence-electron chi connectivity index (χ2n) is 5.21. The second kappa shape index (κ2) is 8.37. The minimum Gasteiger partial charge on any atom is -0.389 e. The van der Waals surface area contributed by atoms with Crippen molar-refractivity contribution < 1.29 is 14.6 Å². The highest BCUT2D eigenvalue weighted by Crippen LogP contribution is 2.20. The molecule has 1 heterocycles. The quantitative estimate of drug-likeness (QED) is 0.827. The molecule has 2 atom stereocenters. The zero-order valence-corrected chi connectivity index (χ0v) is 12.2. The third-order valence-corrected chi connectivity index (χ3v) is 3.60. The van der Waals surface area contributed by atoms with Gasteiger partial charge in [-0.05, 0) is 12.0 Å². The first kappa shape index (κ1) is 15.4. The van der Waals surface area contributed by atoms with Crippen LogP contribution < -0.4 is 0 Å². The molecule has 0 aliphatic carbocycles. The van der Waals surface area contributed by atoms with E-state index in [1.54, 1.807) is 0 Å². The minimum absolute atomic E-state index is 0.0653. The van der Waals surface area contributed by atoms with Gasteiger partial charge in [0, 0.05) is 19.6 Å². The van der Waals surface area contributed by atoms with Crippen molar-refractivity contribution in [1.29, 1.82) is 0 Å². The molecule has 1 fully saturated rings. The first-order valence-corrected chi connectivity index (χ1v) is 7.44. The lowest BCUT2D eigenvalue weighted by Crippen LogP contribution is -2.42. The van der Waals surface area contributed by atoms with E-state index in [-0.39, 0.29) is 6.10 Å². The average Bonchev–Trinajstić information content (AvgIpc) is 2.50. The van der Waals surface area contributed by atoms with Crippen LogP contribution in [0.15, 0.2) is 30.3 Å². The van der Waals surface area contributed by atoms with E-state index in [0.29, 0.717) is 13.2 Å². The summed E-state index contributed by atoms with van der Waals surface area (Å²) in [4.78, 5) is 2.22. The largest absolute Gasteiger partial charge is 0.389 e. The number of β-amino-alcohol motifs (C(OH)–C–C–N with tert-alkyl or cyclic N) is 1. The van der Waals surface area contributed by atoms with Gasteiger partial charge in [0.2, 0.25) is 0 Å². The van der Waals surface area contributed by atoms with Crippen LogP contribution >= 0.6 is 0 Å². The van der Waals surface area contributed by atoms with E-state index in [9.17, 15) is 5.11 Å². The zero-order chi connectivity index (χ0) is 14.2. The van der Waals surface area contributed by atoms with Crippen molar-refractivity contribution >= 4 is 0 Å². The maximum Gasteiger partial charge on any atom is 0.0900 e. The number of ether oxygens (including phenoxy) is 2. The minimum atomic E-state index is -0.439. The van der Waals surface area contributed by atoms with Gasteiger partial charge in [-0.1, -0.05) is 37.3 Å². The molecular weight excluding hydrogens is 254 g/mol. The van der Waals surface area contributed by atoms with Gasteiger partial charge < -0.3 is 14.6 Å². The number of hydrogen-bond acceptors (Lipinski definition) is 4. The molecule has 0 radical (unpaired) electrons. The number of hydrogen-bond donors (Lipinski definition) is 1. The highest BCUT2D eigenvalue weighted by molar-refractivity contribution is 5.17. The third-order valence-electron chi connectivity index (χ3n) is 3.60. The summed E-state index contributed by atoms with van der Waals surface area (Å²) in [6.45, 7) is 6.45. The van der Waals surface area contributed by atoms with Crippen molar-refractivity contribution in [3.63, 3.8) is 0 Å². The average molecular weight is 279 g/mol. The zero-order valence-electron chi connectivity index (χ0n) is 12.2. The Balaban J connectivity index is 1.75. The lowest BCUT2D eigenvalue weighted by atomic mass is 10.1. The Labute approximate surface area is 121 Å². The van der Waals surface area contributed by atoms with E-state index in [0.717, 1.165) is 32.7 Å². The van der Waals surface area contributed by atoms with E-state index in [1.165, 1.54) is 5.56 Å². The highest BCUT2D eigenvalue weighted by Gasteiger charge is 2.17. The van der Waals surface area contributed by atoms with Gasteiger partial charge in [0.1, 0.15) is 0 Å². The molecule has 0 amide bonds. The maximum atomic E-state index is 10.1. The van der Waals surface area contributed by atoms with E-state index in [4.69, 9.17) is 9.47 Å². The number of morpholine rings is 1. The monoisotopic (exact) mass is 279 g/mol. The van der Waals surface area contributed by atoms with Crippen LogP contribution in [0.3, 0.4) is 0 Å². The van der Waals surface area contributed by atoms with Gasteiger partial charge in [0.05, 0.1) is 32.0 Å². The molecule has 0 saturated carbocycles. The van der Waals surface area contributed by atoms with Crippen molar-refractivity contribution in [2.45, 2.75) is 25.6 Å². The van der Waals surface area contributed by atoms with Crippen molar-refractivity contribution in [2.75, 3.05) is 39.5 Å². The molecule has 4 heteroatoms. The molecule has 2 rings (SSSR count). The summed E-state index contributed by atoms with van der Waals surface area (Å²) < 4.78 is 11.2. The number of nitrogens with zero attached hydrogens (tertiary/aromatic N) is 1. The predicted molar refractivity (Wildman–Crippen MR) is 78.7 cm³/mol. The number of benzene rings is 1. The van der Waals surface area contributed by atoms with E-state index < -0.39 is 6.10 Å². The van der Waals surface area contributed by atoms with Crippen molar-refractivity contribution in [3.05, 3.63) is 35.9 Å². The smallest absolute Gasteiger partial charge is 0.0900 e. The van der Waals surface area contributed by atoms with Gasteiger partial charge in [-0.25, -0.2) is 0 Å². The summed E-state index contributed by atoms with van der Waals surface area (Å²) in [6, 6.07) is 10.2. The maximum absolute atomic E-state index is 10.1. The van der Waals surface area contributed by atoms with E-state index >= 15 is 0 Å². The standard InChI is InChI=1S/C16H25NO3/c1-2-16(14-6-4-3-5-7-14)20-13-15(18)12-17-8-10-19-11-9-17/h3-7,15-16,18H,2,8-13H2,1H3/t15-,16-/m1/s1. The van der Waals surface area contributed by atoms with Crippen LogP contribution in [0, 0.1) is 0 Å². The number of rotatable bonds is 7. The summed E-state index contributed by atoms with van der Waals surface area (Å²) in [6.07, 6.45) is 0.537. The van der Waals surface area contributed by atoms with Crippen LogP contribution in [0.1, 0.15) is 25.0 Å². The topological polar surface area (TPSA) is 41.9 Å². The van der Waals surface area contributed by atoms with Crippen LogP contribution in [0.2, 0.25) is 0 Å². The molecule has 0 bridgehead atoms. The molecule has 1 aliphatic heterocycles. The summed E-state index contributed by atoms with van der Waals surface area (Å²) in [5.41, 5.74) is 1.17. The van der Waals surface area contributed by atoms with Gasteiger partial charge in [0.15, 0.2) is 0 Å². The Morgan fingerprint density at radius 2 is 1.95 bits per heavy atom. The molecule has 1 aromatic carbocycles. The normalized spacial score (nSPS) is 19.7. The Hall–Kier alpha value is -0.940. The molecule has 1 aliphatic rings. The van der Waals surface area contributed by atoms with Gasteiger partial charge in [-0.15, -0.1) is 0 Å². The first-order valence-electron chi connectivity index (χ1n) is 7.44. The van der Waals surface area contributed by atoms with Crippen LogP contribution in [-0.2, 0) is 9.47 Å². The molecule has 4 nitrogen and oxygen atoms in total. The lowest BCUT2D eigenvalue weighted by molar-refractivity contribution is -0.0378. The first-order chi connectivity index (χ1) is 9.79. The van der Waals surface area contributed by atoms with Crippen LogP contribution in [0.4, 0.5) is 0 Å². The van der Waals surface area contributed by atoms with Crippen molar-refractivity contribution in [3.8, 4) is 0 Å². The Morgan fingerprint density at radius 1 is 1.25 bits per heavy atom. The fourth-order valence-corrected chi connectivity index (χ4v) is 2.48. The molecule has 1 N–H and O–H groups in total. The van der Waals surface area contributed by atoms with Crippen LogP contribution in [0.5, 0.6) is 0 Å². The SMILES string of the molecule is CC[C@@H](OC[C@H](O)CN1CCOCC1)c1ccccc1. The number of aliphatic hydroxyl groups excluding tert-OH is 1. The molecule has 1 aromatic rings. The lowest BCUT2D eigenvalue weighted by Gasteiger charge is -2.29. The molecule has 20 heavy (non-hydrogen) atoms. The molecule has 0 spiro atoms. The van der Waals surface area contributed by atoms with Gasteiger partial charge in [-0.2, -0.15) is 0 Å². The van der Waals surface area contributed by atoms with Crippen LogP contribution in [0.25, 0.3) is 0 Å². The van der Waals surface area contributed by atoms with Crippen molar-refractivity contribution in [1.82, 2.24) is 4.90 Å². The highest BCUT2D eigenvalue weighted by atomic mass is 16.5. The van der Waals surface area contributed by atoms with Gasteiger partial charge >= 0.3 is 0 Å². The third kappa shape index (κ3) is 4.87. The van der Waals surface area contributed by atoms with Gasteiger partial charge in [-0.3, -0.25) is 4.90 Å². The fourth-order valence-electron chi connectivity index (χ4n) is 2.48. The molecule has 1 saturated heterocycles. The molecule has 0 unspecified atom stereocenters. The summed E-state index contributed by atoms with van der Waals surface area (Å²) >= 11 is 0. The Morgan fingerprint density at radius 3 is 2.60 bits per heavy atom. The van der Waals surface area contributed by atoms with Gasteiger partial charge in [0.25, 0.3) is 0 Å². The van der Waals surface area contributed by atoms with Crippen molar-refractivity contribution in [2.24, 2.45) is 0 Å². The Bertz CT molecular complexity index is 365. The Kier molecular flexibility index (Phi) is 6.47.